The standard InChI is InChI=1S/C21H18N2O3S3/c1-12-13(2)27-21(18(12)20-22-15-9-5-6-10-16(15)28-20)23-19(24)14-8-4-7-11-17(14)29(3,25)26/h4-11H,1-3H3,(H,23,24). The second kappa shape index (κ2) is 7.37. The number of thiazole rings is 1. The Morgan fingerprint density at radius 2 is 1.69 bits per heavy atom. The largest absolute Gasteiger partial charge is 0.313 e. The smallest absolute Gasteiger partial charge is 0.257 e. The number of hydrogen-bond donors (Lipinski definition) is 1. The predicted octanol–water partition coefficient (Wildman–Crippen LogP) is 5.30. The molecule has 0 saturated carbocycles. The summed E-state index contributed by atoms with van der Waals surface area (Å²) in [7, 11) is -3.52. The number of anilines is 1. The van der Waals surface area contributed by atoms with E-state index >= 15 is 0 Å². The fourth-order valence-electron chi connectivity index (χ4n) is 3.10. The summed E-state index contributed by atoms with van der Waals surface area (Å²) in [6.45, 7) is 4.00. The maximum atomic E-state index is 13.0. The number of fused-ring (bicyclic) bond motifs is 1. The zero-order chi connectivity index (χ0) is 20.8. The van der Waals surface area contributed by atoms with Crippen LogP contribution in [0.3, 0.4) is 0 Å². The van der Waals surface area contributed by atoms with Crippen molar-refractivity contribution in [1.82, 2.24) is 4.98 Å². The molecule has 4 rings (SSSR count). The molecule has 1 amide bonds. The Labute approximate surface area is 177 Å². The Hall–Kier alpha value is -2.55. The number of nitrogens with one attached hydrogen (secondary N) is 1. The van der Waals surface area contributed by atoms with Gasteiger partial charge in [-0.3, -0.25) is 4.79 Å². The number of aryl methyl sites for hydroxylation is 1. The van der Waals surface area contributed by atoms with E-state index in [-0.39, 0.29) is 10.5 Å². The molecule has 148 valence electrons. The summed E-state index contributed by atoms with van der Waals surface area (Å²) in [5.41, 5.74) is 2.99. The molecule has 0 spiro atoms. The van der Waals surface area contributed by atoms with Gasteiger partial charge in [0.1, 0.15) is 10.0 Å². The molecule has 4 aromatic rings. The number of nitrogens with zero attached hydrogens (tertiary/aromatic N) is 1. The topological polar surface area (TPSA) is 76.1 Å². The van der Waals surface area contributed by atoms with Crippen LogP contribution in [0.15, 0.2) is 53.4 Å². The van der Waals surface area contributed by atoms with E-state index in [9.17, 15) is 13.2 Å². The number of carbonyl (C=O) groups is 1. The molecule has 0 fully saturated rings. The Bertz CT molecular complexity index is 1320. The molecular formula is C21H18N2O3S3. The van der Waals surface area contributed by atoms with Crippen LogP contribution in [0.1, 0.15) is 20.8 Å². The summed E-state index contributed by atoms with van der Waals surface area (Å²) in [4.78, 5) is 18.8. The van der Waals surface area contributed by atoms with Gasteiger partial charge in [0, 0.05) is 16.7 Å². The zero-order valence-electron chi connectivity index (χ0n) is 16.0. The van der Waals surface area contributed by atoms with Crippen molar-refractivity contribution < 1.29 is 13.2 Å². The van der Waals surface area contributed by atoms with Gasteiger partial charge in [-0.1, -0.05) is 24.3 Å². The third kappa shape index (κ3) is 3.71. The average molecular weight is 443 g/mol. The average Bonchev–Trinajstić information content (AvgIpc) is 3.21. The van der Waals surface area contributed by atoms with E-state index in [1.165, 1.54) is 23.5 Å². The summed E-state index contributed by atoms with van der Waals surface area (Å²) in [6.07, 6.45) is 1.10. The lowest BCUT2D eigenvalue weighted by molar-refractivity contribution is 0.102. The van der Waals surface area contributed by atoms with E-state index in [4.69, 9.17) is 4.98 Å². The number of para-hydroxylation sites is 1. The summed E-state index contributed by atoms with van der Waals surface area (Å²) < 4.78 is 25.2. The van der Waals surface area contributed by atoms with Crippen molar-refractivity contribution in [1.29, 1.82) is 0 Å². The third-order valence-corrected chi connectivity index (χ3v) is 7.98. The summed E-state index contributed by atoms with van der Waals surface area (Å²) in [6, 6.07) is 14.1. The third-order valence-electron chi connectivity index (χ3n) is 4.65. The minimum absolute atomic E-state index is 0.0176. The predicted molar refractivity (Wildman–Crippen MR) is 120 cm³/mol. The van der Waals surface area contributed by atoms with Gasteiger partial charge in [-0.05, 0) is 43.7 Å². The molecule has 0 aliphatic rings. The number of benzene rings is 2. The number of hydrogen-bond acceptors (Lipinski definition) is 6. The van der Waals surface area contributed by atoms with E-state index in [0.717, 1.165) is 37.5 Å². The molecule has 0 radical (unpaired) electrons. The van der Waals surface area contributed by atoms with Crippen molar-refractivity contribution >= 4 is 53.6 Å². The molecular weight excluding hydrogens is 424 g/mol. The normalized spacial score (nSPS) is 11.7. The van der Waals surface area contributed by atoms with Gasteiger partial charge in [0.05, 0.1) is 20.7 Å². The van der Waals surface area contributed by atoms with Gasteiger partial charge in [-0.25, -0.2) is 13.4 Å². The van der Waals surface area contributed by atoms with Crippen molar-refractivity contribution in [2.75, 3.05) is 11.6 Å². The van der Waals surface area contributed by atoms with Crippen LogP contribution in [-0.2, 0) is 9.84 Å². The van der Waals surface area contributed by atoms with Crippen LogP contribution in [0.2, 0.25) is 0 Å². The summed E-state index contributed by atoms with van der Waals surface area (Å²) >= 11 is 3.04. The molecule has 0 aliphatic heterocycles. The van der Waals surface area contributed by atoms with Crippen LogP contribution >= 0.6 is 22.7 Å². The Morgan fingerprint density at radius 1 is 1.00 bits per heavy atom. The van der Waals surface area contributed by atoms with E-state index < -0.39 is 15.7 Å². The number of thiophene rings is 1. The zero-order valence-corrected chi connectivity index (χ0v) is 18.5. The molecule has 0 saturated heterocycles. The van der Waals surface area contributed by atoms with Crippen LogP contribution in [0.5, 0.6) is 0 Å². The van der Waals surface area contributed by atoms with Gasteiger partial charge in [0.15, 0.2) is 9.84 Å². The molecule has 0 unspecified atom stereocenters. The van der Waals surface area contributed by atoms with Crippen molar-refractivity contribution in [3.63, 3.8) is 0 Å². The molecule has 0 bridgehead atoms. The molecule has 1 N–H and O–H groups in total. The first-order valence-electron chi connectivity index (χ1n) is 8.82. The second-order valence-electron chi connectivity index (χ2n) is 6.70. The van der Waals surface area contributed by atoms with Gasteiger partial charge in [0.25, 0.3) is 5.91 Å². The fourth-order valence-corrected chi connectivity index (χ4v) is 6.18. The van der Waals surface area contributed by atoms with Gasteiger partial charge < -0.3 is 5.32 Å². The highest BCUT2D eigenvalue weighted by molar-refractivity contribution is 7.90. The maximum absolute atomic E-state index is 13.0. The number of rotatable bonds is 4. The Balaban J connectivity index is 1.78. The second-order valence-corrected chi connectivity index (χ2v) is 10.9. The van der Waals surface area contributed by atoms with Gasteiger partial charge in [-0.15, -0.1) is 22.7 Å². The lowest BCUT2D eigenvalue weighted by atomic mass is 10.1. The lowest BCUT2D eigenvalue weighted by Crippen LogP contribution is -2.15. The van der Waals surface area contributed by atoms with Crippen molar-refractivity contribution in [2.24, 2.45) is 0 Å². The first kappa shape index (κ1) is 19.8. The summed E-state index contributed by atoms with van der Waals surface area (Å²) in [5.74, 6) is -0.449. The molecule has 2 aromatic heterocycles. The van der Waals surface area contributed by atoms with Gasteiger partial charge in [0.2, 0.25) is 0 Å². The van der Waals surface area contributed by atoms with Gasteiger partial charge >= 0.3 is 0 Å². The highest BCUT2D eigenvalue weighted by Gasteiger charge is 2.23. The molecule has 2 aromatic carbocycles. The van der Waals surface area contributed by atoms with Crippen molar-refractivity contribution in [2.45, 2.75) is 18.7 Å². The Kier molecular flexibility index (Phi) is 5.02. The molecule has 2 heterocycles. The first-order chi connectivity index (χ1) is 13.8. The minimum Gasteiger partial charge on any atom is -0.313 e. The van der Waals surface area contributed by atoms with E-state index in [1.54, 1.807) is 23.5 Å². The van der Waals surface area contributed by atoms with Crippen LogP contribution in [0, 0.1) is 13.8 Å². The van der Waals surface area contributed by atoms with E-state index in [1.807, 2.05) is 38.1 Å². The van der Waals surface area contributed by atoms with E-state index in [0.29, 0.717) is 5.00 Å². The monoisotopic (exact) mass is 442 g/mol. The number of amides is 1. The lowest BCUT2D eigenvalue weighted by Gasteiger charge is -2.09. The van der Waals surface area contributed by atoms with Crippen LogP contribution in [0.25, 0.3) is 20.8 Å². The van der Waals surface area contributed by atoms with Crippen LogP contribution in [-0.4, -0.2) is 25.6 Å². The summed E-state index contributed by atoms with van der Waals surface area (Å²) in [5, 5.41) is 4.43. The minimum atomic E-state index is -3.52. The molecule has 0 aliphatic carbocycles. The van der Waals surface area contributed by atoms with E-state index in [2.05, 4.69) is 5.32 Å². The fraction of sp³-hybridized carbons (Fsp3) is 0.143. The highest BCUT2D eigenvalue weighted by Crippen LogP contribution is 2.43. The molecule has 5 nitrogen and oxygen atoms in total. The highest BCUT2D eigenvalue weighted by atomic mass is 32.2. The number of sulfone groups is 1. The quantitative estimate of drug-likeness (QED) is 0.465. The number of aromatic nitrogens is 1. The maximum Gasteiger partial charge on any atom is 0.257 e. The van der Waals surface area contributed by atoms with Crippen LogP contribution < -0.4 is 5.32 Å². The SMILES string of the molecule is Cc1sc(NC(=O)c2ccccc2S(C)(=O)=O)c(-c2nc3ccccc3s2)c1C. The van der Waals surface area contributed by atoms with Crippen LogP contribution in [0.4, 0.5) is 5.00 Å². The molecule has 8 heteroatoms. The number of carbonyl (C=O) groups excluding carboxylic acids is 1. The first-order valence-corrected chi connectivity index (χ1v) is 12.3. The molecule has 29 heavy (non-hydrogen) atoms. The van der Waals surface area contributed by atoms with Crippen molar-refractivity contribution in [3.05, 3.63) is 64.5 Å². The molecule has 0 atom stereocenters. The van der Waals surface area contributed by atoms with Crippen molar-refractivity contribution in [3.8, 4) is 10.6 Å². The van der Waals surface area contributed by atoms with Gasteiger partial charge in [-0.2, -0.15) is 0 Å². The Morgan fingerprint density at radius 3 is 2.41 bits per heavy atom.